The van der Waals surface area contributed by atoms with E-state index >= 15 is 0 Å². The predicted molar refractivity (Wildman–Crippen MR) is 171 cm³/mol. The summed E-state index contributed by atoms with van der Waals surface area (Å²) < 4.78 is 0. The average Bonchev–Trinajstić information content (AvgIpc) is 3.77. The van der Waals surface area contributed by atoms with Gasteiger partial charge in [0.25, 0.3) is 0 Å². The average molecular weight is 656 g/mol. The van der Waals surface area contributed by atoms with Crippen LogP contribution in [-0.4, -0.2) is 43.5 Å². The number of aromatic nitrogens is 8. The summed E-state index contributed by atoms with van der Waals surface area (Å²) in [5, 5.41) is 3.57. The van der Waals surface area contributed by atoms with E-state index in [4.69, 9.17) is 59.9 Å². The maximum Gasteiger partial charge on any atom is 0.163 e. The van der Waals surface area contributed by atoms with Crippen LogP contribution in [0.3, 0.4) is 0 Å². The Morgan fingerprint density at radius 2 is 0.628 bits per heavy atom. The summed E-state index contributed by atoms with van der Waals surface area (Å²) in [7, 11) is 9.78. The molecular weight excluding hydrogens is 640 g/mol. The maximum absolute atomic E-state index is 4.95. The van der Waals surface area contributed by atoms with E-state index in [1.54, 1.807) is 0 Å². The molecule has 2 radical (unpaired) electrons. The minimum atomic E-state index is -0.556. The summed E-state index contributed by atoms with van der Waals surface area (Å²) in [6.45, 7) is 0. The molecule has 2 aliphatic rings. The predicted octanol–water partition coefficient (Wildman–Crippen LogP) is 7.13. The number of rotatable bonds is 0. The van der Waals surface area contributed by atoms with Gasteiger partial charge in [-0.05, 0) is 21.5 Å². The van der Waals surface area contributed by atoms with Gasteiger partial charge < -0.3 is 24.9 Å². The van der Waals surface area contributed by atoms with Crippen molar-refractivity contribution in [3.05, 3.63) is 97.1 Å². The third kappa shape index (κ3) is 4.37. The van der Waals surface area contributed by atoms with E-state index in [0.29, 0.717) is 45.9 Å². The second-order valence-corrected chi connectivity index (χ2v) is 13.0. The van der Waals surface area contributed by atoms with Crippen LogP contribution in [0.25, 0.3) is 89.7 Å². The number of hydrogen-bond donors (Lipinski definition) is 0. The van der Waals surface area contributed by atoms with Crippen molar-refractivity contribution in [3.8, 4) is 45.6 Å². The number of hydrogen-bond acceptors (Lipinski definition) is 6. The van der Waals surface area contributed by atoms with Crippen molar-refractivity contribution < 1.29 is 0 Å². The molecule has 11 heteroatoms. The first kappa shape index (κ1) is 26.0. The fourth-order valence-electron chi connectivity index (χ4n) is 5.46. The summed E-state index contributed by atoms with van der Waals surface area (Å²) >= 11 is -0.556. The van der Waals surface area contributed by atoms with Crippen molar-refractivity contribution in [2.75, 3.05) is 0 Å². The molecule has 0 spiro atoms. The van der Waals surface area contributed by atoms with Gasteiger partial charge in [0.1, 0.15) is 0 Å². The molecular formula is C32H16Cl2GeN8-2. The van der Waals surface area contributed by atoms with E-state index in [9.17, 15) is 0 Å². The van der Waals surface area contributed by atoms with Crippen molar-refractivity contribution in [3.63, 3.8) is 0 Å². The molecule has 204 valence electrons. The third-order valence-electron chi connectivity index (χ3n) is 7.33. The number of nitrogens with zero attached hydrogens (tertiary/aromatic N) is 8. The summed E-state index contributed by atoms with van der Waals surface area (Å²) in [6.07, 6.45) is 0. The van der Waals surface area contributed by atoms with E-state index in [1.807, 2.05) is 97.1 Å². The van der Waals surface area contributed by atoms with Gasteiger partial charge in [-0.15, -0.1) is 0 Å². The van der Waals surface area contributed by atoms with Crippen LogP contribution in [0.5, 0.6) is 0 Å². The second kappa shape index (κ2) is 10.6. The van der Waals surface area contributed by atoms with Gasteiger partial charge in [-0.1, -0.05) is 97.1 Å². The Labute approximate surface area is 259 Å². The summed E-state index contributed by atoms with van der Waals surface area (Å²) in [4.78, 5) is 39.3. The molecule has 0 atom stereocenters. The van der Waals surface area contributed by atoms with E-state index < -0.39 is 13.6 Å². The fourth-order valence-corrected chi connectivity index (χ4v) is 5.46. The first-order valence-corrected chi connectivity index (χ1v) is 18.8. The molecule has 43 heavy (non-hydrogen) atoms. The SMILES string of the molecule is [Cl][Ge][Cl].c1ccc2c(c1)-c1nc3nc(nc4[n-]c(nc5[n-]c(nc-2n1)c1ccccc51)c1ccccc41)-c1ccccc1-3. The molecule has 8 bridgehead atoms. The Hall–Kier alpha value is -4.64. The van der Waals surface area contributed by atoms with Crippen molar-refractivity contribution in [2.24, 2.45) is 0 Å². The smallest absolute Gasteiger partial charge is 0.163 e. The van der Waals surface area contributed by atoms with E-state index in [0.717, 1.165) is 43.8 Å². The second-order valence-electron chi connectivity index (χ2n) is 9.74. The first-order valence-electron chi connectivity index (χ1n) is 13.3. The monoisotopic (exact) mass is 656 g/mol. The Morgan fingerprint density at radius 3 is 0.953 bits per heavy atom. The maximum atomic E-state index is 4.95. The Kier molecular flexibility index (Phi) is 6.40. The van der Waals surface area contributed by atoms with Crippen LogP contribution in [0.15, 0.2) is 97.1 Å². The van der Waals surface area contributed by atoms with Crippen LogP contribution in [0, 0.1) is 0 Å². The molecule has 0 fully saturated rings. The zero-order chi connectivity index (χ0) is 28.9. The van der Waals surface area contributed by atoms with E-state index in [1.165, 1.54) is 0 Å². The van der Waals surface area contributed by atoms with Gasteiger partial charge in [0, 0.05) is 44.8 Å². The van der Waals surface area contributed by atoms with Gasteiger partial charge in [-0.2, -0.15) is 0 Å². The zero-order valence-corrected chi connectivity index (χ0v) is 25.7. The van der Waals surface area contributed by atoms with Gasteiger partial charge in [0.15, 0.2) is 11.6 Å². The standard InChI is InChI=1S/C32H16N8.Cl2Ge/c1-2-10-18-17(9-1)25-33-26(18)38-28-21-13-5-6-14-22(21)30(35-28)40-32-24-16-8-7-15-23(24)31(36-32)39-29-20-12-4-3-11-19(20)27(34-29)37-25;1-3-2/h1-16H;/q-2;. The number of benzene rings is 4. The number of halogens is 2. The summed E-state index contributed by atoms with van der Waals surface area (Å²) in [5.74, 6) is 2.21. The molecule has 9 rings (SSSR count). The van der Waals surface area contributed by atoms with Gasteiger partial charge in [0.2, 0.25) is 0 Å². The minimum Gasteiger partial charge on any atom is -0.357 e. The van der Waals surface area contributed by atoms with Crippen molar-refractivity contribution >= 4 is 77.7 Å². The molecule has 0 aliphatic carbocycles. The molecule has 8 nitrogen and oxygen atoms in total. The van der Waals surface area contributed by atoms with Crippen LogP contribution in [0.4, 0.5) is 0 Å². The summed E-state index contributed by atoms with van der Waals surface area (Å²) in [6, 6.07) is 31.8. The molecule has 0 unspecified atom stereocenters. The molecule has 0 saturated heterocycles. The molecule has 0 amide bonds. The van der Waals surface area contributed by atoms with E-state index in [2.05, 4.69) is 0 Å². The van der Waals surface area contributed by atoms with Gasteiger partial charge in [-0.25, -0.2) is 15.0 Å². The Bertz CT molecular complexity index is 2220. The van der Waals surface area contributed by atoms with Crippen LogP contribution < -0.4 is 9.97 Å². The van der Waals surface area contributed by atoms with Crippen molar-refractivity contribution in [1.29, 1.82) is 0 Å². The molecule has 0 saturated carbocycles. The molecule has 2 aliphatic heterocycles. The zero-order valence-electron chi connectivity index (χ0n) is 22.1. The quantitative estimate of drug-likeness (QED) is 0.159. The van der Waals surface area contributed by atoms with Crippen LogP contribution in [0.1, 0.15) is 0 Å². The van der Waals surface area contributed by atoms with Gasteiger partial charge >= 0.3 is 33.6 Å². The molecule has 0 N–H and O–H groups in total. The van der Waals surface area contributed by atoms with E-state index in [-0.39, 0.29) is 0 Å². The number of fused-ring (bicyclic) bond motifs is 20. The van der Waals surface area contributed by atoms with Crippen LogP contribution in [-0.2, 0) is 0 Å². The largest absolute Gasteiger partial charge is 0.357 e. The fraction of sp³-hybridized carbons (Fsp3) is 0. The van der Waals surface area contributed by atoms with Gasteiger partial charge in [0.05, 0.1) is 11.6 Å². The van der Waals surface area contributed by atoms with Crippen molar-refractivity contribution in [2.45, 2.75) is 0 Å². The molecule has 3 aromatic heterocycles. The van der Waals surface area contributed by atoms with Crippen molar-refractivity contribution in [1.82, 2.24) is 39.9 Å². The first-order chi connectivity index (χ1) is 21.2. The molecule has 7 aromatic rings. The normalized spacial score (nSPS) is 11.6. The third-order valence-corrected chi connectivity index (χ3v) is 7.33. The summed E-state index contributed by atoms with van der Waals surface area (Å²) in [5.41, 5.74) is 5.78. The molecule has 4 aromatic carbocycles. The Morgan fingerprint density at radius 1 is 0.372 bits per heavy atom. The Balaban J connectivity index is 0.000000892. The minimum absolute atomic E-state index is 0.552. The van der Waals surface area contributed by atoms with Crippen LogP contribution in [0.2, 0.25) is 0 Å². The van der Waals surface area contributed by atoms with Crippen LogP contribution >= 0.6 is 20.0 Å². The molecule has 5 heterocycles. The topological polar surface area (TPSA) is 106 Å². The van der Waals surface area contributed by atoms with Gasteiger partial charge in [-0.3, -0.25) is 0 Å².